The number of carbonyl (C=O) groups excluding carboxylic acids is 1. The van der Waals surface area contributed by atoms with Crippen molar-refractivity contribution in [3.05, 3.63) is 16.1 Å². The summed E-state index contributed by atoms with van der Waals surface area (Å²) >= 11 is 0.757. The standard InChI is InChI=1S/C11H13F3N2OS/c1-7-3-2-4-16(5-7)10(17)8-9(11(12,13)14)15-6-18-8/h6-7H,2-5H2,1H3. The van der Waals surface area contributed by atoms with Crippen molar-refractivity contribution in [2.45, 2.75) is 25.9 Å². The Hall–Kier alpha value is -1.11. The summed E-state index contributed by atoms with van der Waals surface area (Å²) < 4.78 is 38.0. The summed E-state index contributed by atoms with van der Waals surface area (Å²) in [7, 11) is 0. The van der Waals surface area contributed by atoms with E-state index in [4.69, 9.17) is 0 Å². The monoisotopic (exact) mass is 278 g/mol. The summed E-state index contributed by atoms with van der Waals surface area (Å²) in [6.45, 7) is 3.04. The van der Waals surface area contributed by atoms with Gasteiger partial charge in [-0.25, -0.2) is 4.98 Å². The van der Waals surface area contributed by atoms with Crippen molar-refractivity contribution < 1.29 is 18.0 Å². The topological polar surface area (TPSA) is 33.2 Å². The van der Waals surface area contributed by atoms with Gasteiger partial charge in [-0.15, -0.1) is 11.3 Å². The largest absolute Gasteiger partial charge is 0.434 e. The molecule has 1 unspecified atom stereocenters. The number of thiazole rings is 1. The predicted octanol–water partition coefficient (Wildman–Crippen LogP) is 3.03. The quantitative estimate of drug-likeness (QED) is 0.791. The van der Waals surface area contributed by atoms with Crippen molar-refractivity contribution >= 4 is 17.2 Å². The average molecular weight is 278 g/mol. The second-order valence-electron chi connectivity index (χ2n) is 4.53. The maximum atomic E-state index is 12.7. The van der Waals surface area contributed by atoms with Gasteiger partial charge in [-0.3, -0.25) is 4.79 Å². The van der Waals surface area contributed by atoms with Crippen LogP contribution in [0.15, 0.2) is 5.51 Å². The number of hydrogen-bond donors (Lipinski definition) is 0. The molecule has 1 saturated heterocycles. The van der Waals surface area contributed by atoms with E-state index in [0.29, 0.717) is 19.0 Å². The minimum absolute atomic E-state index is 0.295. The van der Waals surface area contributed by atoms with Gasteiger partial charge >= 0.3 is 6.18 Å². The molecular weight excluding hydrogens is 265 g/mol. The number of likely N-dealkylation sites (tertiary alicyclic amines) is 1. The van der Waals surface area contributed by atoms with Crippen LogP contribution in [0.2, 0.25) is 0 Å². The van der Waals surface area contributed by atoms with Crippen LogP contribution in [0.3, 0.4) is 0 Å². The van der Waals surface area contributed by atoms with Gasteiger partial charge in [0.25, 0.3) is 5.91 Å². The maximum absolute atomic E-state index is 12.7. The molecule has 1 fully saturated rings. The molecule has 100 valence electrons. The molecule has 0 bridgehead atoms. The first-order chi connectivity index (χ1) is 8.39. The van der Waals surface area contributed by atoms with Gasteiger partial charge in [-0.05, 0) is 18.8 Å². The zero-order chi connectivity index (χ0) is 13.3. The summed E-state index contributed by atoms with van der Waals surface area (Å²) in [6, 6.07) is 0. The molecule has 0 N–H and O–H groups in total. The lowest BCUT2D eigenvalue weighted by molar-refractivity contribution is -0.141. The fourth-order valence-electron chi connectivity index (χ4n) is 2.12. The molecule has 2 rings (SSSR count). The number of amides is 1. The van der Waals surface area contributed by atoms with Gasteiger partial charge in [-0.1, -0.05) is 6.92 Å². The fourth-order valence-corrected chi connectivity index (χ4v) is 2.89. The molecule has 1 aliphatic heterocycles. The molecular formula is C11H13F3N2OS. The zero-order valence-corrected chi connectivity index (χ0v) is 10.6. The van der Waals surface area contributed by atoms with Crippen molar-refractivity contribution in [3.8, 4) is 0 Å². The van der Waals surface area contributed by atoms with E-state index >= 15 is 0 Å². The number of piperidine rings is 1. The molecule has 0 radical (unpaired) electrons. The van der Waals surface area contributed by atoms with Crippen molar-refractivity contribution in [2.75, 3.05) is 13.1 Å². The van der Waals surface area contributed by atoms with Crippen LogP contribution in [0, 0.1) is 5.92 Å². The second-order valence-corrected chi connectivity index (χ2v) is 5.38. The van der Waals surface area contributed by atoms with E-state index in [-0.39, 0.29) is 4.88 Å². The first-order valence-electron chi connectivity index (χ1n) is 5.69. The predicted molar refractivity (Wildman–Crippen MR) is 61.4 cm³/mol. The molecule has 0 aromatic carbocycles. The Kier molecular flexibility index (Phi) is 3.61. The van der Waals surface area contributed by atoms with E-state index in [1.54, 1.807) is 0 Å². The lowest BCUT2D eigenvalue weighted by Gasteiger charge is -2.30. The molecule has 1 atom stereocenters. The molecule has 7 heteroatoms. The van der Waals surface area contributed by atoms with E-state index < -0.39 is 17.8 Å². The maximum Gasteiger partial charge on any atom is 0.434 e. The van der Waals surface area contributed by atoms with Crippen LogP contribution in [0.4, 0.5) is 13.2 Å². The number of aromatic nitrogens is 1. The third kappa shape index (κ3) is 2.66. The molecule has 0 aliphatic carbocycles. The lowest BCUT2D eigenvalue weighted by Crippen LogP contribution is -2.39. The Morgan fingerprint density at radius 1 is 1.56 bits per heavy atom. The highest BCUT2D eigenvalue weighted by Gasteiger charge is 2.39. The second kappa shape index (κ2) is 4.87. The van der Waals surface area contributed by atoms with Gasteiger partial charge in [0.1, 0.15) is 4.88 Å². The molecule has 1 aromatic heterocycles. The lowest BCUT2D eigenvalue weighted by atomic mass is 10.0. The highest BCUT2D eigenvalue weighted by molar-refractivity contribution is 7.11. The SMILES string of the molecule is CC1CCCN(C(=O)c2scnc2C(F)(F)F)C1. The first-order valence-corrected chi connectivity index (χ1v) is 6.57. The summed E-state index contributed by atoms with van der Waals surface area (Å²) in [5, 5.41) is 0. The van der Waals surface area contributed by atoms with Crippen molar-refractivity contribution in [2.24, 2.45) is 5.92 Å². The van der Waals surface area contributed by atoms with Crippen LogP contribution in [0.1, 0.15) is 35.1 Å². The highest BCUT2D eigenvalue weighted by atomic mass is 32.1. The Bertz CT molecular complexity index is 444. The van der Waals surface area contributed by atoms with E-state index in [1.165, 1.54) is 4.90 Å². The minimum atomic E-state index is -4.56. The third-order valence-electron chi connectivity index (χ3n) is 2.97. The Balaban J connectivity index is 2.21. The molecule has 2 heterocycles. The summed E-state index contributed by atoms with van der Waals surface area (Å²) in [5.41, 5.74) is 0.0133. The number of alkyl halides is 3. The molecule has 0 saturated carbocycles. The minimum Gasteiger partial charge on any atom is -0.338 e. The Morgan fingerprint density at radius 3 is 2.89 bits per heavy atom. The molecule has 1 amide bonds. The number of nitrogens with zero attached hydrogens (tertiary/aromatic N) is 2. The van der Waals surface area contributed by atoms with E-state index in [9.17, 15) is 18.0 Å². The van der Waals surface area contributed by atoms with Gasteiger partial charge in [0.2, 0.25) is 0 Å². The number of halogens is 3. The van der Waals surface area contributed by atoms with Gasteiger partial charge in [0.15, 0.2) is 5.69 Å². The molecule has 3 nitrogen and oxygen atoms in total. The van der Waals surface area contributed by atoms with Crippen LogP contribution in [0.5, 0.6) is 0 Å². The number of rotatable bonds is 1. The highest BCUT2D eigenvalue weighted by Crippen LogP contribution is 2.33. The smallest absolute Gasteiger partial charge is 0.338 e. The first kappa shape index (κ1) is 13.3. The summed E-state index contributed by atoms with van der Waals surface area (Å²) in [4.78, 5) is 16.5. The number of carbonyl (C=O) groups is 1. The molecule has 0 spiro atoms. The zero-order valence-electron chi connectivity index (χ0n) is 9.83. The van der Waals surface area contributed by atoms with Crippen LogP contribution >= 0.6 is 11.3 Å². The van der Waals surface area contributed by atoms with E-state index in [1.807, 2.05) is 6.92 Å². The van der Waals surface area contributed by atoms with Gasteiger partial charge in [-0.2, -0.15) is 13.2 Å². The summed E-state index contributed by atoms with van der Waals surface area (Å²) in [6.07, 6.45) is -2.71. The van der Waals surface area contributed by atoms with Crippen LogP contribution < -0.4 is 0 Å². The Morgan fingerprint density at radius 2 is 2.28 bits per heavy atom. The van der Waals surface area contributed by atoms with Crippen molar-refractivity contribution in [3.63, 3.8) is 0 Å². The molecule has 1 aliphatic rings. The van der Waals surface area contributed by atoms with E-state index in [2.05, 4.69) is 4.98 Å². The van der Waals surface area contributed by atoms with Crippen LogP contribution in [-0.4, -0.2) is 28.9 Å². The average Bonchev–Trinajstić information content (AvgIpc) is 2.76. The van der Waals surface area contributed by atoms with Crippen LogP contribution in [0.25, 0.3) is 0 Å². The molecule has 1 aromatic rings. The molecule has 18 heavy (non-hydrogen) atoms. The van der Waals surface area contributed by atoms with Crippen molar-refractivity contribution in [1.82, 2.24) is 9.88 Å². The van der Waals surface area contributed by atoms with E-state index in [0.717, 1.165) is 29.7 Å². The normalized spacial score (nSPS) is 21.1. The van der Waals surface area contributed by atoms with Crippen LogP contribution in [-0.2, 0) is 6.18 Å². The third-order valence-corrected chi connectivity index (χ3v) is 3.79. The Labute approximate surface area is 107 Å². The summed E-state index contributed by atoms with van der Waals surface area (Å²) in [5.74, 6) is -0.207. The van der Waals surface area contributed by atoms with Gasteiger partial charge in [0, 0.05) is 13.1 Å². The fraction of sp³-hybridized carbons (Fsp3) is 0.636. The van der Waals surface area contributed by atoms with Gasteiger partial charge < -0.3 is 4.90 Å². The number of hydrogen-bond acceptors (Lipinski definition) is 3. The van der Waals surface area contributed by atoms with Crippen molar-refractivity contribution in [1.29, 1.82) is 0 Å². The van der Waals surface area contributed by atoms with Gasteiger partial charge in [0.05, 0.1) is 5.51 Å².